The largest absolute Gasteiger partial charge is 0.361 e. The minimum atomic E-state index is -1.68. The zero-order chi connectivity index (χ0) is 15.0. The van der Waals surface area contributed by atoms with Gasteiger partial charge in [0.1, 0.15) is 0 Å². The zero-order valence-electron chi connectivity index (χ0n) is 12.6. The van der Waals surface area contributed by atoms with Crippen molar-refractivity contribution in [1.29, 1.82) is 0 Å². The molecule has 1 aromatic carbocycles. The third kappa shape index (κ3) is 6.31. The van der Waals surface area contributed by atoms with Crippen LogP contribution in [-0.4, -0.2) is 19.1 Å². The molecule has 0 aliphatic rings. The molecule has 0 fully saturated rings. The summed E-state index contributed by atoms with van der Waals surface area (Å²) in [6.45, 7) is 8.90. The summed E-state index contributed by atoms with van der Waals surface area (Å²) in [5.41, 5.74) is 1.15. The molecule has 0 N–H and O–H groups in total. The Hall–Kier alpha value is -0.490. The predicted octanol–water partition coefficient (Wildman–Crippen LogP) is 5.84. The molecule has 0 heterocycles. The first-order valence-electron chi connectivity index (χ1n) is 7.17. The maximum absolute atomic E-state index is 6.27. The Morgan fingerprint density at radius 3 is 2.65 bits per heavy atom. The van der Waals surface area contributed by atoms with Gasteiger partial charge in [0, 0.05) is 18.3 Å². The van der Waals surface area contributed by atoms with E-state index < -0.39 is 7.11 Å². The number of hydrogen-bond donors (Lipinski definition) is 0. The summed E-state index contributed by atoms with van der Waals surface area (Å²) in [6.07, 6.45) is 10.4. The third-order valence-electron chi connectivity index (χ3n) is 3.07. The molecule has 3 heteroatoms. The average molecular weight is 313 g/mol. The smallest absolute Gasteiger partial charge is 0.0530 e. The average Bonchev–Trinajstić information content (AvgIpc) is 2.40. The van der Waals surface area contributed by atoms with Crippen LogP contribution >= 0.6 is 18.7 Å². The number of halogens is 1. The van der Waals surface area contributed by atoms with Gasteiger partial charge >= 0.3 is 0 Å². The van der Waals surface area contributed by atoms with E-state index in [2.05, 4.69) is 32.8 Å². The second-order valence-electron chi connectivity index (χ2n) is 5.65. The summed E-state index contributed by atoms with van der Waals surface area (Å²) in [6, 6.07) is 8.00. The van der Waals surface area contributed by atoms with Crippen LogP contribution < -0.4 is 0 Å². The van der Waals surface area contributed by atoms with Crippen molar-refractivity contribution >= 4 is 25.0 Å². The Bertz CT molecular complexity index is 468. The van der Waals surface area contributed by atoms with Gasteiger partial charge in [-0.05, 0) is 36.6 Å². The minimum absolute atomic E-state index is 0.529. The van der Waals surface area contributed by atoms with Gasteiger partial charge in [0.25, 0.3) is 0 Å². The molecule has 0 aromatic heterocycles. The molecule has 0 radical (unpaired) electrons. The fourth-order valence-electron chi connectivity index (χ4n) is 1.96. The Kier molecular flexibility index (Phi) is 7.66. The maximum atomic E-state index is 6.27. The molecule has 1 aromatic rings. The van der Waals surface area contributed by atoms with Gasteiger partial charge in [-0.1, -0.05) is 56.0 Å². The highest BCUT2D eigenvalue weighted by Crippen LogP contribution is 2.51. The Morgan fingerprint density at radius 1 is 1.35 bits per heavy atom. The Labute approximate surface area is 129 Å². The van der Waals surface area contributed by atoms with Crippen molar-refractivity contribution in [1.82, 2.24) is 0 Å². The fourth-order valence-corrected chi connectivity index (χ4v) is 4.90. The molecule has 1 atom stereocenters. The van der Waals surface area contributed by atoms with Crippen molar-refractivity contribution in [2.24, 2.45) is 5.92 Å². The topological polar surface area (TPSA) is 9.23 Å². The molecule has 1 nitrogen and oxygen atoms in total. The van der Waals surface area contributed by atoms with Gasteiger partial charge in [-0.25, -0.2) is 0 Å². The second-order valence-corrected chi connectivity index (χ2v) is 9.20. The normalized spacial score (nSPS) is 14.2. The van der Waals surface area contributed by atoms with Crippen LogP contribution in [0.15, 0.2) is 36.9 Å². The van der Waals surface area contributed by atoms with Gasteiger partial charge in [-0.3, -0.25) is 0 Å². The van der Waals surface area contributed by atoms with Gasteiger partial charge in [0.05, 0.1) is 6.61 Å². The lowest BCUT2D eigenvalue weighted by Crippen LogP contribution is -2.05. The summed E-state index contributed by atoms with van der Waals surface area (Å²) in [5, 5.41) is 0.817. The molecule has 112 valence electrons. The van der Waals surface area contributed by atoms with Crippen molar-refractivity contribution in [2.45, 2.75) is 32.9 Å². The van der Waals surface area contributed by atoms with E-state index in [1.54, 1.807) is 0 Å². The van der Waals surface area contributed by atoms with Gasteiger partial charge in [0.2, 0.25) is 0 Å². The van der Waals surface area contributed by atoms with Gasteiger partial charge < -0.3 is 4.52 Å². The van der Waals surface area contributed by atoms with E-state index in [1.807, 2.05) is 24.3 Å². The first-order valence-corrected chi connectivity index (χ1v) is 9.81. The first-order chi connectivity index (χ1) is 9.47. The molecule has 0 aliphatic carbocycles. The van der Waals surface area contributed by atoms with Crippen LogP contribution in [-0.2, 0) is 10.7 Å². The van der Waals surface area contributed by atoms with Crippen molar-refractivity contribution in [2.75, 3.05) is 12.8 Å². The van der Waals surface area contributed by atoms with Crippen LogP contribution in [0, 0.1) is 5.92 Å². The quantitative estimate of drug-likeness (QED) is 0.316. The molecule has 1 rings (SSSR count). The Morgan fingerprint density at radius 2 is 2.05 bits per heavy atom. The van der Waals surface area contributed by atoms with E-state index in [1.165, 1.54) is 0 Å². The SMILES string of the molecule is C=CCCCP(=C)(Cc1ccccc1Cl)OCC(C)C. The molecule has 0 aliphatic heterocycles. The Balaban J connectivity index is 2.78. The summed E-state index contributed by atoms with van der Waals surface area (Å²) >= 11 is 6.27. The van der Waals surface area contributed by atoms with Gasteiger partial charge in [-0.15, -0.1) is 6.58 Å². The van der Waals surface area contributed by atoms with E-state index in [0.29, 0.717) is 5.92 Å². The van der Waals surface area contributed by atoms with Gasteiger partial charge in [0.15, 0.2) is 0 Å². The lowest BCUT2D eigenvalue weighted by Gasteiger charge is -2.26. The molecule has 0 spiro atoms. The van der Waals surface area contributed by atoms with Crippen molar-refractivity contribution in [3.05, 3.63) is 47.5 Å². The van der Waals surface area contributed by atoms with Crippen molar-refractivity contribution < 1.29 is 4.52 Å². The summed E-state index contributed by atoms with van der Waals surface area (Å²) < 4.78 is 6.20. The van der Waals surface area contributed by atoms with E-state index >= 15 is 0 Å². The van der Waals surface area contributed by atoms with Crippen LogP contribution in [0.2, 0.25) is 5.02 Å². The highest BCUT2D eigenvalue weighted by atomic mass is 35.5. The summed E-state index contributed by atoms with van der Waals surface area (Å²) in [5.74, 6) is 0.529. The highest BCUT2D eigenvalue weighted by Gasteiger charge is 2.17. The highest BCUT2D eigenvalue weighted by molar-refractivity contribution is 7.68. The number of rotatable bonds is 9. The molecule has 0 saturated carbocycles. The molecular weight excluding hydrogens is 287 g/mol. The van der Waals surface area contributed by atoms with Crippen LogP contribution in [0.25, 0.3) is 0 Å². The predicted molar refractivity (Wildman–Crippen MR) is 94.3 cm³/mol. The molecule has 20 heavy (non-hydrogen) atoms. The van der Waals surface area contributed by atoms with Crippen LogP contribution in [0.3, 0.4) is 0 Å². The van der Waals surface area contributed by atoms with E-state index in [0.717, 1.165) is 42.4 Å². The summed E-state index contributed by atoms with van der Waals surface area (Å²) in [4.78, 5) is 0. The second kappa shape index (κ2) is 8.72. The minimum Gasteiger partial charge on any atom is -0.361 e. The standard InChI is InChI=1S/C17H26ClOP/c1-5-6-9-12-20(4,19-13-15(2)3)14-16-10-7-8-11-17(16)18/h5,7-8,10-11,15H,1,4,6,9,12-14H2,2-3H3. The van der Waals surface area contributed by atoms with E-state index in [-0.39, 0.29) is 0 Å². The van der Waals surface area contributed by atoms with E-state index in [4.69, 9.17) is 16.1 Å². The van der Waals surface area contributed by atoms with Crippen LogP contribution in [0.1, 0.15) is 32.3 Å². The fraction of sp³-hybridized carbons (Fsp3) is 0.471. The lowest BCUT2D eigenvalue weighted by atomic mass is 10.2. The van der Waals surface area contributed by atoms with Crippen molar-refractivity contribution in [3.63, 3.8) is 0 Å². The zero-order valence-corrected chi connectivity index (χ0v) is 14.3. The molecule has 0 amide bonds. The van der Waals surface area contributed by atoms with E-state index in [9.17, 15) is 0 Å². The van der Waals surface area contributed by atoms with Crippen molar-refractivity contribution in [3.8, 4) is 0 Å². The number of hydrogen-bond acceptors (Lipinski definition) is 1. The molecular formula is C17H26ClOP. The number of allylic oxidation sites excluding steroid dienone is 1. The van der Waals surface area contributed by atoms with Gasteiger partial charge in [-0.2, -0.15) is 0 Å². The molecule has 1 unspecified atom stereocenters. The molecule has 0 bridgehead atoms. The molecule has 0 saturated heterocycles. The first kappa shape index (κ1) is 17.6. The lowest BCUT2D eigenvalue weighted by molar-refractivity contribution is 0.295. The monoisotopic (exact) mass is 312 g/mol. The summed E-state index contributed by atoms with van der Waals surface area (Å²) in [7, 11) is -1.68. The number of unbranched alkanes of at least 4 members (excludes halogenated alkanes) is 1. The maximum Gasteiger partial charge on any atom is 0.0530 e. The van der Waals surface area contributed by atoms with Crippen LogP contribution in [0.5, 0.6) is 0 Å². The number of benzene rings is 1. The third-order valence-corrected chi connectivity index (χ3v) is 6.19. The van der Waals surface area contributed by atoms with Crippen LogP contribution in [0.4, 0.5) is 0 Å².